The van der Waals surface area contributed by atoms with Gasteiger partial charge in [0.25, 0.3) is 0 Å². The van der Waals surface area contributed by atoms with Crippen LogP contribution in [-0.2, 0) is 12.0 Å². The van der Waals surface area contributed by atoms with Crippen molar-refractivity contribution in [2.45, 2.75) is 24.8 Å². The number of benzene rings is 2. The van der Waals surface area contributed by atoms with Gasteiger partial charge in [-0.05, 0) is 42.5 Å². The molecule has 0 bridgehead atoms. The summed E-state index contributed by atoms with van der Waals surface area (Å²) in [4.78, 5) is 4.02. The molecule has 1 unspecified atom stereocenters. The number of rotatable bonds is 6. The number of nitriles is 1. The predicted octanol–water partition coefficient (Wildman–Crippen LogP) is 4.22. The lowest BCUT2D eigenvalue weighted by Crippen LogP contribution is -2.34. The van der Waals surface area contributed by atoms with Crippen LogP contribution in [-0.4, -0.2) is 14.8 Å². The SMILES string of the molecule is N#CC(CCCc1ccc(Cl)cc1)(c1ccccc1)n1cncn1. The topological polar surface area (TPSA) is 54.5 Å². The zero-order valence-electron chi connectivity index (χ0n) is 13.1. The van der Waals surface area contributed by atoms with E-state index >= 15 is 0 Å². The van der Waals surface area contributed by atoms with E-state index in [1.54, 1.807) is 11.0 Å². The molecule has 0 aliphatic rings. The molecule has 0 amide bonds. The van der Waals surface area contributed by atoms with Gasteiger partial charge in [0.05, 0.1) is 6.07 Å². The monoisotopic (exact) mass is 336 g/mol. The van der Waals surface area contributed by atoms with Gasteiger partial charge in [-0.25, -0.2) is 9.67 Å². The molecule has 0 aliphatic carbocycles. The van der Waals surface area contributed by atoms with E-state index in [0.29, 0.717) is 6.42 Å². The minimum Gasteiger partial charge on any atom is -0.228 e. The Bertz CT molecular complexity index is 807. The maximum atomic E-state index is 9.98. The van der Waals surface area contributed by atoms with Crippen molar-refractivity contribution in [2.24, 2.45) is 0 Å². The molecule has 120 valence electrons. The summed E-state index contributed by atoms with van der Waals surface area (Å²) in [6, 6.07) is 20.1. The standard InChI is InChI=1S/C19H17ClN4/c20-18-10-8-16(9-11-18)5-4-12-19(13-21,24-15-22-14-23-24)17-6-2-1-3-7-17/h1-3,6-11,14-15H,4-5,12H2. The summed E-state index contributed by atoms with van der Waals surface area (Å²) in [6.07, 6.45) is 5.46. The lowest BCUT2D eigenvalue weighted by atomic mass is 9.86. The fraction of sp³-hybridized carbons (Fsp3) is 0.211. The average Bonchev–Trinajstić information content (AvgIpc) is 3.16. The molecule has 3 aromatic rings. The van der Waals surface area contributed by atoms with Gasteiger partial charge >= 0.3 is 0 Å². The number of hydrogen-bond donors (Lipinski definition) is 0. The van der Waals surface area contributed by atoms with Gasteiger partial charge in [0.1, 0.15) is 12.7 Å². The molecule has 2 aromatic carbocycles. The second-order valence-electron chi connectivity index (χ2n) is 5.66. The van der Waals surface area contributed by atoms with Gasteiger partial charge < -0.3 is 0 Å². The molecule has 0 radical (unpaired) electrons. The van der Waals surface area contributed by atoms with Crippen LogP contribution in [0.25, 0.3) is 0 Å². The molecule has 1 aromatic heterocycles. The highest BCUT2D eigenvalue weighted by Crippen LogP contribution is 2.30. The zero-order valence-corrected chi connectivity index (χ0v) is 13.9. The second-order valence-corrected chi connectivity index (χ2v) is 6.09. The molecule has 3 rings (SSSR count). The molecule has 0 spiro atoms. The van der Waals surface area contributed by atoms with Crippen molar-refractivity contribution in [3.8, 4) is 6.07 Å². The summed E-state index contributed by atoms with van der Waals surface area (Å²) < 4.78 is 1.66. The lowest BCUT2D eigenvalue weighted by Gasteiger charge is -2.27. The zero-order chi connectivity index (χ0) is 16.8. The number of halogens is 1. The van der Waals surface area contributed by atoms with Crippen LogP contribution in [0.1, 0.15) is 24.0 Å². The highest BCUT2D eigenvalue weighted by atomic mass is 35.5. The Morgan fingerprint density at radius 2 is 1.83 bits per heavy atom. The summed E-state index contributed by atoms with van der Waals surface area (Å²) >= 11 is 5.93. The van der Waals surface area contributed by atoms with Crippen molar-refractivity contribution in [2.75, 3.05) is 0 Å². The molecule has 0 saturated heterocycles. The molecule has 0 N–H and O–H groups in total. The minimum atomic E-state index is -0.843. The van der Waals surface area contributed by atoms with Crippen LogP contribution in [0.2, 0.25) is 5.02 Å². The third-order valence-electron chi connectivity index (χ3n) is 4.16. The summed E-state index contributed by atoms with van der Waals surface area (Å²) in [5.74, 6) is 0. The van der Waals surface area contributed by atoms with E-state index in [2.05, 4.69) is 16.2 Å². The maximum Gasteiger partial charge on any atom is 0.175 e. The van der Waals surface area contributed by atoms with E-state index in [0.717, 1.165) is 23.4 Å². The van der Waals surface area contributed by atoms with Crippen molar-refractivity contribution >= 4 is 11.6 Å². The first kappa shape index (κ1) is 16.2. The van der Waals surface area contributed by atoms with Crippen molar-refractivity contribution in [3.05, 3.63) is 83.4 Å². The fourth-order valence-electron chi connectivity index (χ4n) is 2.88. The minimum absolute atomic E-state index is 0.652. The fourth-order valence-corrected chi connectivity index (χ4v) is 3.01. The summed E-state index contributed by atoms with van der Waals surface area (Å²) in [5.41, 5.74) is 1.29. The molecule has 5 heteroatoms. The van der Waals surface area contributed by atoms with Crippen LogP contribution in [0, 0.1) is 11.3 Å². The first-order chi connectivity index (χ1) is 11.7. The van der Waals surface area contributed by atoms with Crippen LogP contribution in [0.4, 0.5) is 0 Å². The van der Waals surface area contributed by atoms with Gasteiger partial charge in [-0.3, -0.25) is 0 Å². The first-order valence-corrected chi connectivity index (χ1v) is 8.19. The number of nitrogens with zero attached hydrogens (tertiary/aromatic N) is 4. The van der Waals surface area contributed by atoms with Crippen LogP contribution in [0.15, 0.2) is 67.3 Å². The van der Waals surface area contributed by atoms with Gasteiger partial charge in [-0.2, -0.15) is 10.4 Å². The molecule has 0 aliphatic heterocycles. The molecule has 24 heavy (non-hydrogen) atoms. The average molecular weight is 337 g/mol. The number of hydrogen-bond acceptors (Lipinski definition) is 3. The molecular weight excluding hydrogens is 320 g/mol. The summed E-state index contributed by atoms with van der Waals surface area (Å²) in [6.45, 7) is 0. The number of aromatic nitrogens is 3. The Kier molecular flexibility index (Phi) is 4.93. The smallest absolute Gasteiger partial charge is 0.175 e. The van der Waals surface area contributed by atoms with E-state index in [-0.39, 0.29) is 0 Å². The second kappa shape index (κ2) is 7.29. The Morgan fingerprint density at radius 3 is 2.46 bits per heavy atom. The van der Waals surface area contributed by atoms with E-state index in [1.807, 2.05) is 54.6 Å². The van der Waals surface area contributed by atoms with Gasteiger partial charge in [0.2, 0.25) is 0 Å². The Labute approximate surface area is 146 Å². The van der Waals surface area contributed by atoms with Gasteiger partial charge in [-0.15, -0.1) is 0 Å². The first-order valence-electron chi connectivity index (χ1n) is 7.81. The molecule has 0 saturated carbocycles. The summed E-state index contributed by atoms with van der Waals surface area (Å²) in [5, 5.41) is 15.0. The lowest BCUT2D eigenvalue weighted by molar-refractivity contribution is 0.374. The van der Waals surface area contributed by atoms with E-state index < -0.39 is 5.54 Å². The third-order valence-corrected chi connectivity index (χ3v) is 4.42. The number of aryl methyl sites for hydroxylation is 1. The molecule has 4 nitrogen and oxygen atoms in total. The van der Waals surface area contributed by atoms with E-state index in [1.165, 1.54) is 11.9 Å². The largest absolute Gasteiger partial charge is 0.228 e. The highest BCUT2D eigenvalue weighted by Gasteiger charge is 2.34. The van der Waals surface area contributed by atoms with Crippen molar-refractivity contribution in [3.63, 3.8) is 0 Å². The Hall–Kier alpha value is -2.64. The third kappa shape index (κ3) is 3.32. The molecular formula is C19H17ClN4. The van der Waals surface area contributed by atoms with Crippen molar-refractivity contribution in [1.82, 2.24) is 14.8 Å². The quantitative estimate of drug-likeness (QED) is 0.677. The van der Waals surface area contributed by atoms with Crippen LogP contribution >= 0.6 is 11.6 Å². The van der Waals surface area contributed by atoms with Gasteiger partial charge in [-0.1, -0.05) is 54.1 Å². The molecule has 1 atom stereocenters. The van der Waals surface area contributed by atoms with Crippen molar-refractivity contribution < 1.29 is 0 Å². The Morgan fingerprint density at radius 1 is 1.08 bits per heavy atom. The van der Waals surface area contributed by atoms with E-state index in [9.17, 15) is 5.26 Å². The summed E-state index contributed by atoms with van der Waals surface area (Å²) in [7, 11) is 0. The maximum absolute atomic E-state index is 9.98. The normalized spacial score (nSPS) is 13.2. The molecule has 1 heterocycles. The van der Waals surface area contributed by atoms with Crippen LogP contribution in [0.5, 0.6) is 0 Å². The van der Waals surface area contributed by atoms with Crippen LogP contribution < -0.4 is 0 Å². The van der Waals surface area contributed by atoms with E-state index in [4.69, 9.17) is 11.6 Å². The van der Waals surface area contributed by atoms with Gasteiger partial charge in [0, 0.05) is 5.02 Å². The van der Waals surface area contributed by atoms with Gasteiger partial charge in [0.15, 0.2) is 5.54 Å². The predicted molar refractivity (Wildman–Crippen MR) is 93.5 cm³/mol. The molecule has 0 fully saturated rings. The highest BCUT2D eigenvalue weighted by molar-refractivity contribution is 6.30. The van der Waals surface area contributed by atoms with Crippen LogP contribution in [0.3, 0.4) is 0 Å². The Balaban J connectivity index is 1.83. The van der Waals surface area contributed by atoms with Crippen molar-refractivity contribution in [1.29, 1.82) is 5.26 Å².